The highest BCUT2D eigenvalue weighted by atomic mass is 32.2. The molecule has 2 nitrogen and oxygen atoms in total. The maximum atomic E-state index is 3.45. The van der Waals surface area contributed by atoms with Gasteiger partial charge in [0.1, 0.15) is 0 Å². The van der Waals surface area contributed by atoms with E-state index < -0.39 is 0 Å². The minimum atomic E-state index is 0.796. The first-order valence-electron chi connectivity index (χ1n) is 7.44. The number of thioether (sulfide) groups is 1. The topological polar surface area (TPSA) is 15.3 Å². The fraction of sp³-hybridized carbons (Fsp3) is 0.625. The normalized spacial score (nSPS) is 17.0. The Morgan fingerprint density at radius 1 is 1.21 bits per heavy atom. The maximum absolute atomic E-state index is 3.45. The number of aryl methyl sites for hydroxylation is 1. The quantitative estimate of drug-likeness (QED) is 0.805. The molecule has 1 N–H and O–H groups in total. The zero-order valence-corrected chi connectivity index (χ0v) is 13.0. The van der Waals surface area contributed by atoms with Gasteiger partial charge in [0.25, 0.3) is 0 Å². The smallest absolute Gasteiger partial charge is 0.0120 e. The Labute approximate surface area is 122 Å². The van der Waals surface area contributed by atoms with Gasteiger partial charge in [-0.05, 0) is 51.5 Å². The van der Waals surface area contributed by atoms with Crippen LogP contribution >= 0.6 is 11.8 Å². The molecule has 0 bridgehead atoms. The molecule has 1 aliphatic rings. The first-order chi connectivity index (χ1) is 9.29. The van der Waals surface area contributed by atoms with E-state index in [1.54, 1.807) is 0 Å². The van der Waals surface area contributed by atoms with Gasteiger partial charge in [0.05, 0.1) is 0 Å². The van der Waals surface area contributed by atoms with Gasteiger partial charge in [0.15, 0.2) is 0 Å². The molecule has 0 radical (unpaired) electrons. The van der Waals surface area contributed by atoms with Crippen molar-refractivity contribution in [1.29, 1.82) is 0 Å². The first-order valence-corrected chi connectivity index (χ1v) is 8.42. The van der Waals surface area contributed by atoms with Gasteiger partial charge in [0.2, 0.25) is 0 Å². The predicted octanol–water partition coefficient (Wildman–Crippen LogP) is 3.16. The van der Waals surface area contributed by atoms with Crippen LogP contribution in [0.5, 0.6) is 0 Å². The van der Waals surface area contributed by atoms with Crippen LogP contribution in [0.15, 0.2) is 29.2 Å². The Morgan fingerprint density at radius 3 is 2.53 bits per heavy atom. The van der Waals surface area contributed by atoms with Crippen molar-refractivity contribution in [2.24, 2.45) is 0 Å². The van der Waals surface area contributed by atoms with Crippen LogP contribution in [0.3, 0.4) is 0 Å². The summed E-state index contributed by atoms with van der Waals surface area (Å²) in [6.07, 6.45) is 2.62. The fourth-order valence-electron chi connectivity index (χ4n) is 2.69. The van der Waals surface area contributed by atoms with Gasteiger partial charge in [-0.1, -0.05) is 24.6 Å². The maximum Gasteiger partial charge on any atom is 0.0120 e. The third-order valence-electron chi connectivity index (χ3n) is 3.90. The summed E-state index contributed by atoms with van der Waals surface area (Å²) >= 11 is 1.98. The molecule has 1 saturated heterocycles. The molecule has 0 aromatic heterocycles. The van der Waals surface area contributed by atoms with Crippen molar-refractivity contribution in [3.05, 3.63) is 29.8 Å². The molecule has 1 aromatic rings. The van der Waals surface area contributed by atoms with E-state index in [0.29, 0.717) is 0 Å². The van der Waals surface area contributed by atoms with Crippen molar-refractivity contribution >= 4 is 11.8 Å². The first kappa shape index (κ1) is 14.9. The lowest BCUT2D eigenvalue weighted by Gasteiger charge is -2.33. The van der Waals surface area contributed by atoms with E-state index in [9.17, 15) is 0 Å². The van der Waals surface area contributed by atoms with Crippen LogP contribution < -0.4 is 5.32 Å². The summed E-state index contributed by atoms with van der Waals surface area (Å²) in [6.45, 7) is 9.19. The minimum absolute atomic E-state index is 0.796. The molecule has 0 aliphatic carbocycles. The summed E-state index contributed by atoms with van der Waals surface area (Å²) in [5, 5.41) is 3.45. The zero-order valence-electron chi connectivity index (χ0n) is 12.2. The average Bonchev–Trinajstić information content (AvgIpc) is 2.46. The van der Waals surface area contributed by atoms with Gasteiger partial charge >= 0.3 is 0 Å². The third-order valence-corrected chi connectivity index (χ3v) is 4.89. The number of hydrogen-bond acceptors (Lipinski definition) is 3. The monoisotopic (exact) mass is 278 g/mol. The Balaban J connectivity index is 1.74. The second kappa shape index (κ2) is 7.93. The van der Waals surface area contributed by atoms with Crippen molar-refractivity contribution in [1.82, 2.24) is 10.2 Å². The van der Waals surface area contributed by atoms with E-state index in [0.717, 1.165) is 6.04 Å². The Kier molecular flexibility index (Phi) is 6.21. The van der Waals surface area contributed by atoms with E-state index in [1.807, 2.05) is 11.8 Å². The second-order valence-corrected chi connectivity index (χ2v) is 6.44. The summed E-state index contributed by atoms with van der Waals surface area (Å²) in [5.41, 5.74) is 1.34. The number of benzene rings is 1. The van der Waals surface area contributed by atoms with Gasteiger partial charge in [-0.15, -0.1) is 11.8 Å². The van der Waals surface area contributed by atoms with E-state index in [1.165, 1.54) is 55.2 Å². The molecule has 1 heterocycles. The summed E-state index contributed by atoms with van der Waals surface area (Å²) in [7, 11) is 0. The van der Waals surface area contributed by atoms with Crippen LogP contribution in [0.25, 0.3) is 0 Å². The number of rotatable bonds is 6. The van der Waals surface area contributed by atoms with Crippen LogP contribution in [0.2, 0.25) is 0 Å². The van der Waals surface area contributed by atoms with Gasteiger partial charge in [-0.2, -0.15) is 0 Å². The molecule has 3 heteroatoms. The fourth-order valence-corrected chi connectivity index (χ4v) is 3.58. The number of hydrogen-bond donors (Lipinski definition) is 1. The molecule has 0 amide bonds. The van der Waals surface area contributed by atoms with Gasteiger partial charge < -0.3 is 5.32 Å². The van der Waals surface area contributed by atoms with Crippen LogP contribution in [-0.2, 0) is 0 Å². The predicted molar refractivity (Wildman–Crippen MR) is 85.0 cm³/mol. The molecular weight excluding hydrogens is 252 g/mol. The molecule has 0 spiro atoms. The highest BCUT2D eigenvalue weighted by molar-refractivity contribution is 7.99. The lowest BCUT2D eigenvalue weighted by Crippen LogP contribution is -2.43. The average molecular weight is 278 g/mol. The molecule has 19 heavy (non-hydrogen) atoms. The van der Waals surface area contributed by atoms with Gasteiger partial charge in [-0.25, -0.2) is 0 Å². The largest absolute Gasteiger partial charge is 0.317 e. The van der Waals surface area contributed by atoms with E-state index >= 15 is 0 Å². The summed E-state index contributed by atoms with van der Waals surface area (Å²) in [4.78, 5) is 4.05. The number of piperidine rings is 1. The van der Waals surface area contributed by atoms with E-state index in [-0.39, 0.29) is 0 Å². The van der Waals surface area contributed by atoms with Crippen molar-refractivity contribution in [3.8, 4) is 0 Å². The van der Waals surface area contributed by atoms with Crippen LogP contribution in [-0.4, -0.2) is 42.9 Å². The molecule has 1 aliphatic heterocycles. The Hall–Kier alpha value is -0.510. The van der Waals surface area contributed by atoms with Crippen molar-refractivity contribution in [2.75, 3.05) is 31.9 Å². The van der Waals surface area contributed by atoms with Gasteiger partial charge in [0, 0.05) is 23.2 Å². The zero-order chi connectivity index (χ0) is 13.5. The second-order valence-electron chi connectivity index (χ2n) is 5.27. The molecule has 0 saturated carbocycles. The molecular formula is C16H26N2S. The molecule has 0 unspecified atom stereocenters. The van der Waals surface area contributed by atoms with E-state index in [4.69, 9.17) is 0 Å². The minimum Gasteiger partial charge on any atom is -0.317 e. The Bertz CT molecular complexity index is 358. The lowest BCUT2D eigenvalue weighted by molar-refractivity contribution is 0.180. The van der Waals surface area contributed by atoms with Crippen molar-refractivity contribution < 1.29 is 0 Å². The summed E-state index contributed by atoms with van der Waals surface area (Å²) in [5.74, 6) is 1.20. The van der Waals surface area contributed by atoms with E-state index in [2.05, 4.69) is 48.3 Å². The molecule has 106 valence electrons. The summed E-state index contributed by atoms with van der Waals surface area (Å²) in [6, 6.07) is 9.67. The van der Waals surface area contributed by atoms with Crippen LogP contribution in [0.4, 0.5) is 0 Å². The summed E-state index contributed by atoms with van der Waals surface area (Å²) < 4.78 is 0. The highest BCUT2D eigenvalue weighted by Crippen LogP contribution is 2.19. The molecule has 2 rings (SSSR count). The lowest BCUT2D eigenvalue weighted by atomic mass is 10.1. The van der Waals surface area contributed by atoms with Crippen LogP contribution in [0, 0.1) is 6.92 Å². The van der Waals surface area contributed by atoms with Crippen molar-refractivity contribution in [2.45, 2.75) is 37.6 Å². The molecule has 1 fully saturated rings. The SMILES string of the molecule is CCN(CCSc1ccc(C)cc1)C1CCNCC1. The molecule has 0 atom stereocenters. The number of nitrogens with zero attached hydrogens (tertiary/aromatic N) is 1. The van der Waals surface area contributed by atoms with Gasteiger partial charge in [-0.3, -0.25) is 4.90 Å². The Morgan fingerprint density at radius 2 is 1.89 bits per heavy atom. The number of nitrogens with one attached hydrogen (secondary N) is 1. The highest BCUT2D eigenvalue weighted by Gasteiger charge is 2.18. The van der Waals surface area contributed by atoms with Crippen molar-refractivity contribution in [3.63, 3.8) is 0 Å². The van der Waals surface area contributed by atoms with Crippen LogP contribution in [0.1, 0.15) is 25.3 Å². The third kappa shape index (κ3) is 4.83. The standard InChI is InChI=1S/C16H26N2S/c1-3-18(15-8-10-17-11-9-15)12-13-19-16-6-4-14(2)5-7-16/h4-7,15,17H,3,8-13H2,1-2H3. The molecule has 1 aromatic carbocycles.